The first-order valence-electron chi connectivity index (χ1n) is 5.25. The number of aryl methyl sites for hydroxylation is 2. The molecule has 0 fully saturated rings. The average Bonchev–Trinajstić information content (AvgIpc) is 2.29. The van der Waals surface area contributed by atoms with Gasteiger partial charge in [-0.15, -0.1) is 0 Å². The van der Waals surface area contributed by atoms with Crippen LogP contribution in [0.25, 0.3) is 11.4 Å². The molecule has 88 valence electrons. The first-order valence-corrected chi connectivity index (χ1v) is 5.25. The van der Waals surface area contributed by atoms with Crippen LogP contribution in [0.15, 0.2) is 24.5 Å². The number of hydrogen-bond acceptors (Lipinski definition) is 3. The van der Waals surface area contributed by atoms with Gasteiger partial charge >= 0.3 is 0 Å². The van der Waals surface area contributed by atoms with E-state index in [4.69, 9.17) is 4.74 Å². The van der Waals surface area contributed by atoms with Crippen LogP contribution in [-0.2, 0) is 0 Å². The zero-order chi connectivity index (χ0) is 12.4. The fourth-order valence-corrected chi connectivity index (χ4v) is 1.70. The Bertz CT molecular complexity index is 538. The van der Waals surface area contributed by atoms with Gasteiger partial charge in [-0.1, -0.05) is 0 Å². The second-order valence-electron chi connectivity index (χ2n) is 3.89. The minimum absolute atomic E-state index is 0.317. The van der Waals surface area contributed by atoms with E-state index in [0.717, 1.165) is 11.1 Å². The van der Waals surface area contributed by atoms with E-state index in [1.807, 2.05) is 6.92 Å². The molecule has 0 radical (unpaired) electrons. The smallest absolute Gasteiger partial charge is 0.163 e. The maximum Gasteiger partial charge on any atom is 0.163 e. The van der Waals surface area contributed by atoms with Crippen LogP contribution in [0, 0.1) is 19.7 Å². The van der Waals surface area contributed by atoms with Crippen LogP contribution in [-0.4, -0.2) is 17.1 Å². The zero-order valence-corrected chi connectivity index (χ0v) is 9.99. The van der Waals surface area contributed by atoms with Gasteiger partial charge in [-0.2, -0.15) is 0 Å². The lowest BCUT2D eigenvalue weighted by molar-refractivity contribution is 0.412. The summed E-state index contributed by atoms with van der Waals surface area (Å²) in [5, 5.41) is 0. The first-order chi connectivity index (χ1) is 8.11. The summed E-state index contributed by atoms with van der Waals surface area (Å²) in [5.41, 5.74) is 2.26. The molecule has 1 aromatic heterocycles. The molecule has 2 aromatic rings. The summed E-state index contributed by atoms with van der Waals surface area (Å²) in [7, 11) is 1.55. The van der Waals surface area contributed by atoms with Crippen molar-refractivity contribution < 1.29 is 9.13 Å². The minimum Gasteiger partial charge on any atom is -0.496 e. The van der Waals surface area contributed by atoms with Gasteiger partial charge in [-0.25, -0.2) is 14.4 Å². The van der Waals surface area contributed by atoms with Crippen molar-refractivity contribution in [2.45, 2.75) is 13.8 Å². The van der Waals surface area contributed by atoms with Crippen molar-refractivity contribution in [2.75, 3.05) is 7.11 Å². The van der Waals surface area contributed by atoms with Crippen molar-refractivity contribution in [1.82, 2.24) is 9.97 Å². The summed E-state index contributed by atoms with van der Waals surface area (Å²) in [6.07, 6.45) is 3.39. The van der Waals surface area contributed by atoms with E-state index in [9.17, 15) is 4.39 Å². The SMILES string of the molecule is COc1c(C)cc(F)cc1-c1ncc(C)cn1. The molecule has 0 aliphatic rings. The van der Waals surface area contributed by atoms with Crippen LogP contribution >= 0.6 is 0 Å². The third-order valence-corrected chi connectivity index (χ3v) is 2.47. The second kappa shape index (κ2) is 4.49. The van der Waals surface area contributed by atoms with E-state index >= 15 is 0 Å². The lowest BCUT2D eigenvalue weighted by Crippen LogP contribution is -1.96. The number of aromatic nitrogens is 2. The third kappa shape index (κ3) is 2.25. The Morgan fingerprint density at radius 2 is 1.76 bits per heavy atom. The van der Waals surface area contributed by atoms with Gasteiger partial charge in [-0.3, -0.25) is 0 Å². The molecule has 0 saturated heterocycles. The van der Waals surface area contributed by atoms with Crippen molar-refractivity contribution in [3.05, 3.63) is 41.5 Å². The summed E-state index contributed by atoms with van der Waals surface area (Å²) < 4.78 is 18.7. The van der Waals surface area contributed by atoms with Crippen molar-refractivity contribution >= 4 is 0 Å². The molecule has 1 heterocycles. The van der Waals surface area contributed by atoms with Gasteiger partial charge in [0.05, 0.1) is 12.7 Å². The maximum absolute atomic E-state index is 13.4. The molecular weight excluding hydrogens is 219 g/mol. The first kappa shape index (κ1) is 11.5. The van der Waals surface area contributed by atoms with Crippen molar-refractivity contribution in [3.8, 4) is 17.1 Å². The average molecular weight is 232 g/mol. The molecule has 0 spiro atoms. The third-order valence-electron chi connectivity index (χ3n) is 2.47. The monoisotopic (exact) mass is 232 g/mol. The van der Waals surface area contributed by atoms with Gasteiger partial charge < -0.3 is 4.74 Å². The van der Waals surface area contributed by atoms with E-state index in [1.165, 1.54) is 12.1 Å². The van der Waals surface area contributed by atoms with Crippen LogP contribution in [0.3, 0.4) is 0 Å². The number of benzene rings is 1. The lowest BCUT2D eigenvalue weighted by atomic mass is 10.1. The minimum atomic E-state index is -0.317. The Morgan fingerprint density at radius 1 is 1.12 bits per heavy atom. The van der Waals surface area contributed by atoms with Gasteiger partial charge in [0.2, 0.25) is 0 Å². The number of methoxy groups -OCH3 is 1. The lowest BCUT2D eigenvalue weighted by Gasteiger charge is -2.10. The molecule has 1 aromatic carbocycles. The fraction of sp³-hybridized carbons (Fsp3) is 0.231. The van der Waals surface area contributed by atoms with Crippen LogP contribution in [0.2, 0.25) is 0 Å². The standard InChI is InChI=1S/C13H13FN2O/c1-8-6-15-13(16-7-8)11-5-10(14)4-9(2)12(11)17-3/h4-7H,1-3H3. The highest BCUT2D eigenvalue weighted by molar-refractivity contribution is 5.66. The van der Waals surface area contributed by atoms with E-state index in [1.54, 1.807) is 26.4 Å². The van der Waals surface area contributed by atoms with Gasteiger partial charge in [0, 0.05) is 12.4 Å². The summed E-state index contributed by atoms with van der Waals surface area (Å²) in [6, 6.07) is 2.81. The van der Waals surface area contributed by atoms with Crippen LogP contribution in [0.1, 0.15) is 11.1 Å². The highest BCUT2D eigenvalue weighted by atomic mass is 19.1. The molecule has 0 bridgehead atoms. The Kier molecular flexibility index (Phi) is 3.04. The molecule has 0 unspecified atom stereocenters. The molecule has 0 aliphatic carbocycles. The van der Waals surface area contributed by atoms with E-state index in [-0.39, 0.29) is 5.82 Å². The topological polar surface area (TPSA) is 35.0 Å². The van der Waals surface area contributed by atoms with Gasteiger partial charge in [0.15, 0.2) is 5.82 Å². The summed E-state index contributed by atoms with van der Waals surface area (Å²) in [5.74, 6) is 0.757. The predicted molar refractivity (Wildman–Crippen MR) is 63.5 cm³/mol. The number of rotatable bonds is 2. The quantitative estimate of drug-likeness (QED) is 0.798. The van der Waals surface area contributed by atoms with Crippen LogP contribution in [0.5, 0.6) is 5.75 Å². The van der Waals surface area contributed by atoms with Gasteiger partial charge in [0.1, 0.15) is 11.6 Å². The summed E-state index contributed by atoms with van der Waals surface area (Å²) in [6.45, 7) is 3.69. The Labute approximate surface area is 99.3 Å². The molecule has 0 atom stereocenters. The Hall–Kier alpha value is -1.97. The van der Waals surface area contributed by atoms with E-state index in [0.29, 0.717) is 17.1 Å². The molecule has 4 heteroatoms. The molecular formula is C13H13FN2O. The largest absolute Gasteiger partial charge is 0.496 e. The molecule has 0 aliphatic heterocycles. The van der Waals surface area contributed by atoms with E-state index in [2.05, 4.69) is 9.97 Å². The van der Waals surface area contributed by atoms with Crippen molar-refractivity contribution in [2.24, 2.45) is 0 Å². The van der Waals surface area contributed by atoms with Gasteiger partial charge in [0.25, 0.3) is 0 Å². The number of ether oxygens (including phenoxy) is 1. The van der Waals surface area contributed by atoms with E-state index < -0.39 is 0 Å². The predicted octanol–water partition coefficient (Wildman–Crippen LogP) is 2.91. The molecule has 3 nitrogen and oxygen atoms in total. The fourth-order valence-electron chi connectivity index (χ4n) is 1.70. The molecule has 2 rings (SSSR count). The molecule has 0 amide bonds. The van der Waals surface area contributed by atoms with Crippen molar-refractivity contribution in [3.63, 3.8) is 0 Å². The summed E-state index contributed by atoms with van der Waals surface area (Å²) in [4.78, 5) is 8.36. The second-order valence-corrected chi connectivity index (χ2v) is 3.89. The Morgan fingerprint density at radius 3 is 2.35 bits per heavy atom. The van der Waals surface area contributed by atoms with Crippen molar-refractivity contribution in [1.29, 1.82) is 0 Å². The van der Waals surface area contributed by atoms with Gasteiger partial charge in [-0.05, 0) is 37.1 Å². The number of hydrogen-bond donors (Lipinski definition) is 0. The number of nitrogens with zero attached hydrogens (tertiary/aromatic N) is 2. The molecule has 0 N–H and O–H groups in total. The molecule has 0 saturated carbocycles. The highest BCUT2D eigenvalue weighted by Gasteiger charge is 2.12. The summed E-state index contributed by atoms with van der Waals surface area (Å²) >= 11 is 0. The van der Waals surface area contributed by atoms with Crippen LogP contribution in [0.4, 0.5) is 4.39 Å². The highest BCUT2D eigenvalue weighted by Crippen LogP contribution is 2.31. The zero-order valence-electron chi connectivity index (χ0n) is 9.99. The number of halogens is 1. The van der Waals surface area contributed by atoms with Crippen LogP contribution < -0.4 is 4.74 Å². The Balaban J connectivity index is 2.61. The normalized spacial score (nSPS) is 10.4. The molecule has 17 heavy (non-hydrogen) atoms. The maximum atomic E-state index is 13.4.